The normalized spacial score (nSPS) is 14.4. The standard InChI is InChI=1S/C25H16Br2ClIN2O4S/c26-17-9-15(10-18(27)23(17)35-13-14-5-7-16(29)8-6-14)11-21-24(33)31(25(34)36-21)12-22(32)30-20-4-2-1-3-19(20)28/h1-11H,12-13H2,(H,30,32)/b21-11+. The number of carbonyl (C=O) groups excluding carboxylic acids is 3. The number of rotatable bonds is 7. The lowest BCUT2D eigenvalue weighted by Crippen LogP contribution is -2.36. The highest BCUT2D eigenvalue weighted by atomic mass is 127. The summed E-state index contributed by atoms with van der Waals surface area (Å²) in [7, 11) is 0. The van der Waals surface area contributed by atoms with Gasteiger partial charge in [-0.15, -0.1) is 0 Å². The van der Waals surface area contributed by atoms with Gasteiger partial charge in [0.05, 0.1) is 24.6 Å². The molecule has 1 aliphatic rings. The third kappa shape index (κ3) is 6.71. The van der Waals surface area contributed by atoms with Crippen molar-refractivity contribution >= 4 is 107 Å². The first-order valence-corrected chi connectivity index (χ1v) is 14.2. The van der Waals surface area contributed by atoms with Crippen LogP contribution >= 0.6 is 77.8 Å². The molecule has 3 amide bonds. The molecule has 0 radical (unpaired) electrons. The van der Waals surface area contributed by atoms with Crippen LogP contribution in [0.4, 0.5) is 10.5 Å². The van der Waals surface area contributed by atoms with E-state index >= 15 is 0 Å². The van der Waals surface area contributed by atoms with Gasteiger partial charge in [0, 0.05) is 3.57 Å². The van der Waals surface area contributed by atoms with E-state index < -0.39 is 23.6 Å². The van der Waals surface area contributed by atoms with Crippen molar-refractivity contribution in [2.75, 3.05) is 11.9 Å². The second-order valence-electron chi connectivity index (χ2n) is 7.52. The SMILES string of the molecule is O=C(CN1C(=O)S/C(=C/c2cc(Br)c(OCc3ccc(I)cc3)c(Br)c2)C1=O)Nc1ccccc1Cl. The highest BCUT2D eigenvalue weighted by Gasteiger charge is 2.36. The number of para-hydroxylation sites is 1. The molecule has 1 aliphatic heterocycles. The van der Waals surface area contributed by atoms with Crippen molar-refractivity contribution < 1.29 is 19.1 Å². The number of halogens is 4. The molecule has 0 saturated carbocycles. The van der Waals surface area contributed by atoms with Crippen LogP contribution in [0.5, 0.6) is 5.75 Å². The summed E-state index contributed by atoms with van der Waals surface area (Å²) in [6.45, 7) is -0.0193. The molecule has 0 aromatic heterocycles. The quantitative estimate of drug-likeness (QED) is 0.197. The Labute approximate surface area is 247 Å². The zero-order chi connectivity index (χ0) is 25.8. The van der Waals surface area contributed by atoms with Gasteiger partial charge >= 0.3 is 0 Å². The van der Waals surface area contributed by atoms with E-state index in [1.807, 2.05) is 24.3 Å². The van der Waals surface area contributed by atoms with E-state index in [2.05, 4.69) is 59.8 Å². The van der Waals surface area contributed by atoms with Crippen LogP contribution in [0.15, 0.2) is 74.5 Å². The number of hydrogen-bond donors (Lipinski definition) is 1. The van der Waals surface area contributed by atoms with E-state index in [0.717, 1.165) is 25.8 Å². The van der Waals surface area contributed by atoms with Gasteiger partial charge in [0.1, 0.15) is 18.9 Å². The Morgan fingerprint density at radius 1 is 1.08 bits per heavy atom. The Hall–Kier alpha value is -1.86. The lowest BCUT2D eigenvalue weighted by molar-refractivity contribution is -0.127. The number of benzene rings is 3. The maximum Gasteiger partial charge on any atom is 0.294 e. The molecule has 1 heterocycles. The molecule has 184 valence electrons. The first-order chi connectivity index (χ1) is 17.2. The lowest BCUT2D eigenvalue weighted by atomic mass is 10.2. The predicted octanol–water partition coefficient (Wildman–Crippen LogP) is 7.72. The van der Waals surface area contributed by atoms with E-state index in [1.54, 1.807) is 42.5 Å². The highest BCUT2D eigenvalue weighted by molar-refractivity contribution is 14.1. The maximum atomic E-state index is 12.9. The van der Waals surface area contributed by atoms with Crippen LogP contribution < -0.4 is 10.1 Å². The molecule has 1 fully saturated rings. The summed E-state index contributed by atoms with van der Waals surface area (Å²) in [5.74, 6) is -0.438. The van der Waals surface area contributed by atoms with Gasteiger partial charge in [-0.2, -0.15) is 0 Å². The molecule has 3 aromatic carbocycles. The molecule has 1 N–H and O–H groups in total. The third-order valence-corrected chi connectivity index (χ3v) is 8.07. The fraction of sp³-hybridized carbons (Fsp3) is 0.0800. The van der Waals surface area contributed by atoms with Crippen molar-refractivity contribution in [1.29, 1.82) is 0 Å². The molecule has 6 nitrogen and oxygen atoms in total. The van der Waals surface area contributed by atoms with Crippen molar-refractivity contribution in [2.45, 2.75) is 6.61 Å². The minimum Gasteiger partial charge on any atom is -0.487 e. The summed E-state index contributed by atoms with van der Waals surface area (Å²) in [6, 6.07) is 18.4. The van der Waals surface area contributed by atoms with E-state index in [-0.39, 0.29) is 4.91 Å². The number of carbonyl (C=O) groups is 3. The molecular weight excluding hydrogens is 747 g/mol. The molecule has 36 heavy (non-hydrogen) atoms. The van der Waals surface area contributed by atoms with E-state index in [9.17, 15) is 14.4 Å². The average molecular weight is 763 g/mol. The number of anilines is 1. The Kier molecular flexibility index (Phi) is 9.15. The van der Waals surface area contributed by atoms with Crippen LogP contribution in [0.3, 0.4) is 0 Å². The number of hydrogen-bond acceptors (Lipinski definition) is 5. The molecule has 3 aromatic rings. The van der Waals surface area contributed by atoms with Gasteiger partial charge in [0.25, 0.3) is 11.1 Å². The van der Waals surface area contributed by atoms with Crippen molar-refractivity contribution in [2.24, 2.45) is 0 Å². The van der Waals surface area contributed by atoms with Crippen LogP contribution in [0.2, 0.25) is 5.02 Å². The van der Waals surface area contributed by atoms with Gasteiger partial charge < -0.3 is 10.1 Å². The number of imide groups is 1. The van der Waals surface area contributed by atoms with Gasteiger partial charge in [-0.25, -0.2) is 0 Å². The number of nitrogens with one attached hydrogen (secondary N) is 1. The van der Waals surface area contributed by atoms with E-state index in [0.29, 0.717) is 37.6 Å². The number of nitrogens with zero attached hydrogens (tertiary/aromatic N) is 1. The van der Waals surface area contributed by atoms with E-state index in [1.165, 1.54) is 0 Å². The highest BCUT2D eigenvalue weighted by Crippen LogP contribution is 2.38. The molecule has 1 saturated heterocycles. The largest absolute Gasteiger partial charge is 0.487 e. The Balaban J connectivity index is 1.44. The number of ether oxygens (including phenoxy) is 1. The van der Waals surface area contributed by atoms with Gasteiger partial charge in [0.15, 0.2) is 0 Å². The molecule has 0 bridgehead atoms. The van der Waals surface area contributed by atoms with Gasteiger partial charge in [-0.05, 0) is 120 Å². The average Bonchev–Trinajstić information content (AvgIpc) is 3.08. The monoisotopic (exact) mass is 760 g/mol. The minimum absolute atomic E-state index is 0.219. The number of thioether (sulfide) groups is 1. The topological polar surface area (TPSA) is 75.7 Å². The van der Waals surface area contributed by atoms with Crippen molar-refractivity contribution in [3.05, 3.63) is 94.2 Å². The summed E-state index contributed by atoms with van der Waals surface area (Å²) >= 11 is 16.1. The molecule has 0 aliphatic carbocycles. The van der Waals surface area contributed by atoms with Crippen LogP contribution in [0.25, 0.3) is 6.08 Å². The van der Waals surface area contributed by atoms with Crippen LogP contribution in [-0.2, 0) is 16.2 Å². The lowest BCUT2D eigenvalue weighted by Gasteiger charge is -2.13. The Morgan fingerprint density at radius 3 is 2.42 bits per heavy atom. The molecule has 0 spiro atoms. The van der Waals surface area contributed by atoms with Crippen molar-refractivity contribution in [3.8, 4) is 5.75 Å². The smallest absolute Gasteiger partial charge is 0.294 e. The minimum atomic E-state index is -0.536. The summed E-state index contributed by atoms with van der Waals surface area (Å²) in [4.78, 5) is 38.8. The zero-order valence-electron chi connectivity index (χ0n) is 18.3. The second-order valence-corrected chi connectivity index (χ2v) is 11.9. The Morgan fingerprint density at radius 2 is 1.75 bits per heavy atom. The summed E-state index contributed by atoms with van der Waals surface area (Å²) in [5, 5.41) is 2.46. The first kappa shape index (κ1) is 27.2. The third-order valence-electron chi connectivity index (χ3n) is 4.94. The summed E-state index contributed by atoms with van der Waals surface area (Å²) < 4.78 is 8.49. The molecule has 11 heteroatoms. The Bertz CT molecular complexity index is 1360. The predicted molar refractivity (Wildman–Crippen MR) is 158 cm³/mol. The fourth-order valence-corrected chi connectivity index (χ4v) is 6.05. The molecular formula is C25H16Br2ClIN2O4S. The molecule has 4 rings (SSSR count). The molecule has 0 unspecified atom stereocenters. The van der Waals surface area contributed by atoms with E-state index in [4.69, 9.17) is 16.3 Å². The fourth-order valence-electron chi connectivity index (χ4n) is 3.22. The van der Waals surface area contributed by atoms with Gasteiger partial charge in [0.2, 0.25) is 5.91 Å². The van der Waals surface area contributed by atoms with Crippen LogP contribution in [0.1, 0.15) is 11.1 Å². The van der Waals surface area contributed by atoms with Gasteiger partial charge in [-0.3, -0.25) is 19.3 Å². The van der Waals surface area contributed by atoms with Crippen LogP contribution in [-0.4, -0.2) is 28.5 Å². The van der Waals surface area contributed by atoms with Gasteiger partial charge in [-0.1, -0.05) is 35.9 Å². The zero-order valence-corrected chi connectivity index (χ0v) is 25.2. The first-order valence-electron chi connectivity index (χ1n) is 10.4. The maximum absolute atomic E-state index is 12.9. The summed E-state index contributed by atoms with van der Waals surface area (Å²) in [6.07, 6.45) is 1.61. The van der Waals surface area contributed by atoms with Crippen molar-refractivity contribution in [1.82, 2.24) is 4.90 Å². The second kappa shape index (κ2) is 12.1. The number of amides is 3. The van der Waals surface area contributed by atoms with Crippen LogP contribution in [0, 0.1) is 3.57 Å². The summed E-state index contributed by atoms with van der Waals surface area (Å²) in [5.41, 5.74) is 2.12. The van der Waals surface area contributed by atoms with Crippen molar-refractivity contribution in [3.63, 3.8) is 0 Å². The molecule has 0 atom stereocenters.